The zero-order chi connectivity index (χ0) is 29.5. The largest absolute Gasteiger partial charge is 0.464 e. The molecule has 1 aromatic carbocycles. The number of amides is 3. The second-order valence-corrected chi connectivity index (χ2v) is 9.59. The van der Waals surface area contributed by atoms with Gasteiger partial charge in [0.2, 0.25) is 22.8 Å². The lowest BCUT2D eigenvalue weighted by Crippen LogP contribution is -2.44. The number of benzene rings is 1. The lowest BCUT2D eigenvalue weighted by atomic mass is 10.0. The highest BCUT2D eigenvalue weighted by Gasteiger charge is 2.27. The first-order valence-corrected chi connectivity index (χ1v) is 13.6. The molecule has 3 atom stereocenters. The molecule has 39 heavy (non-hydrogen) atoms. The van der Waals surface area contributed by atoms with Gasteiger partial charge in [0, 0.05) is 38.7 Å². The summed E-state index contributed by atoms with van der Waals surface area (Å²) in [6.45, 7) is 5.36. The first-order valence-electron chi connectivity index (χ1n) is 12.0. The Kier molecular flexibility index (Phi) is 14.9. The van der Waals surface area contributed by atoms with Crippen LogP contribution < -0.4 is 20.7 Å². The number of ether oxygens (including phenoxy) is 2. The fourth-order valence-electron chi connectivity index (χ4n) is 3.22. The summed E-state index contributed by atoms with van der Waals surface area (Å²) in [5, 5.41) is 6.79. The molecule has 214 valence electrons. The monoisotopic (exact) mass is 583 g/mol. The SMILES string of the molecule is CCOC(=O)C(CSC(=O)C(CCC(=O)c1ccccc1OC(=O)C(CS)NC(C)=O)NC(C)=O)NC(C)=O. The van der Waals surface area contributed by atoms with Gasteiger partial charge in [-0.2, -0.15) is 12.6 Å². The Labute approximate surface area is 236 Å². The number of para-hydroxylation sites is 1. The molecule has 0 saturated carbocycles. The van der Waals surface area contributed by atoms with Gasteiger partial charge in [-0.25, -0.2) is 9.59 Å². The van der Waals surface area contributed by atoms with Gasteiger partial charge >= 0.3 is 11.9 Å². The minimum atomic E-state index is -1.07. The molecule has 3 unspecified atom stereocenters. The fraction of sp³-hybridized carbons (Fsp3) is 0.480. The maximum atomic E-state index is 13.0. The highest BCUT2D eigenvalue weighted by atomic mass is 32.2. The van der Waals surface area contributed by atoms with Crippen LogP contribution in [0.2, 0.25) is 0 Å². The van der Waals surface area contributed by atoms with E-state index in [-0.39, 0.29) is 42.3 Å². The van der Waals surface area contributed by atoms with Crippen molar-refractivity contribution in [2.45, 2.75) is 58.7 Å². The van der Waals surface area contributed by atoms with E-state index in [1.54, 1.807) is 19.1 Å². The molecule has 0 fully saturated rings. The lowest BCUT2D eigenvalue weighted by Gasteiger charge is -2.19. The van der Waals surface area contributed by atoms with Gasteiger partial charge in [0.25, 0.3) is 0 Å². The van der Waals surface area contributed by atoms with Crippen molar-refractivity contribution in [2.24, 2.45) is 0 Å². The van der Waals surface area contributed by atoms with Gasteiger partial charge in [0.15, 0.2) is 5.78 Å². The first kappa shape index (κ1) is 33.6. The maximum Gasteiger partial charge on any atom is 0.334 e. The van der Waals surface area contributed by atoms with Crippen molar-refractivity contribution >= 4 is 64.9 Å². The van der Waals surface area contributed by atoms with Gasteiger partial charge in [-0.1, -0.05) is 23.9 Å². The van der Waals surface area contributed by atoms with Crippen molar-refractivity contribution in [1.82, 2.24) is 16.0 Å². The molecule has 3 amide bonds. The summed E-state index contributed by atoms with van der Waals surface area (Å²) >= 11 is 4.74. The third kappa shape index (κ3) is 12.3. The summed E-state index contributed by atoms with van der Waals surface area (Å²) in [5.74, 6) is -3.61. The molecule has 0 spiro atoms. The van der Waals surface area contributed by atoms with Crippen LogP contribution in [0.1, 0.15) is 50.9 Å². The number of carbonyl (C=O) groups is 7. The molecule has 0 bridgehead atoms. The molecule has 1 rings (SSSR count). The summed E-state index contributed by atoms with van der Waals surface area (Å²) in [6.07, 6.45) is -0.275. The Balaban J connectivity index is 2.94. The number of rotatable bonds is 15. The Morgan fingerprint density at radius 1 is 0.846 bits per heavy atom. The number of esters is 2. The fourth-order valence-corrected chi connectivity index (χ4v) is 4.39. The second kappa shape index (κ2) is 17.2. The molecule has 0 saturated heterocycles. The lowest BCUT2D eigenvalue weighted by molar-refractivity contribution is -0.146. The van der Waals surface area contributed by atoms with Gasteiger partial charge in [0.1, 0.15) is 17.8 Å². The van der Waals surface area contributed by atoms with Crippen LogP contribution in [-0.2, 0) is 33.5 Å². The molecule has 0 aromatic heterocycles. The quantitative estimate of drug-likeness (QED) is 0.100. The van der Waals surface area contributed by atoms with Crippen LogP contribution in [0.3, 0.4) is 0 Å². The van der Waals surface area contributed by atoms with E-state index >= 15 is 0 Å². The number of hydrogen-bond acceptors (Lipinski definition) is 11. The number of thioether (sulfide) groups is 1. The third-order valence-electron chi connectivity index (χ3n) is 4.91. The van der Waals surface area contributed by atoms with Crippen molar-refractivity contribution in [3.63, 3.8) is 0 Å². The van der Waals surface area contributed by atoms with Crippen LogP contribution in [-0.4, -0.2) is 76.8 Å². The van der Waals surface area contributed by atoms with E-state index in [9.17, 15) is 33.6 Å². The highest BCUT2D eigenvalue weighted by Crippen LogP contribution is 2.22. The summed E-state index contributed by atoms with van der Waals surface area (Å²) < 4.78 is 10.3. The summed E-state index contributed by atoms with van der Waals surface area (Å²) in [7, 11) is 0. The number of Topliss-reactive ketones (excluding diaryl/α,β-unsaturated/α-hetero) is 1. The third-order valence-corrected chi connectivity index (χ3v) is 6.34. The van der Waals surface area contributed by atoms with Crippen LogP contribution in [0.25, 0.3) is 0 Å². The molecule has 0 aliphatic carbocycles. The van der Waals surface area contributed by atoms with E-state index in [2.05, 4.69) is 28.6 Å². The number of thiol groups is 1. The molecule has 12 nitrogen and oxygen atoms in total. The minimum Gasteiger partial charge on any atom is -0.464 e. The zero-order valence-corrected chi connectivity index (χ0v) is 23.8. The van der Waals surface area contributed by atoms with Crippen LogP contribution in [0.4, 0.5) is 0 Å². The molecule has 1 aromatic rings. The van der Waals surface area contributed by atoms with Crippen LogP contribution >= 0.6 is 24.4 Å². The van der Waals surface area contributed by atoms with E-state index in [1.165, 1.54) is 32.9 Å². The summed E-state index contributed by atoms with van der Waals surface area (Å²) in [6, 6.07) is 2.82. The smallest absolute Gasteiger partial charge is 0.334 e. The molecular weight excluding hydrogens is 550 g/mol. The molecule has 0 heterocycles. The summed E-state index contributed by atoms with van der Waals surface area (Å²) in [5.41, 5.74) is 0.0706. The van der Waals surface area contributed by atoms with Gasteiger partial charge < -0.3 is 25.4 Å². The molecule has 14 heteroatoms. The van der Waals surface area contributed by atoms with Gasteiger partial charge in [0.05, 0.1) is 18.2 Å². The Morgan fingerprint density at radius 2 is 1.41 bits per heavy atom. The van der Waals surface area contributed by atoms with E-state index in [1.807, 2.05) is 0 Å². The highest BCUT2D eigenvalue weighted by molar-refractivity contribution is 8.13. The zero-order valence-electron chi connectivity index (χ0n) is 22.1. The normalized spacial score (nSPS) is 12.7. The number of carbonyl (C=O) groups excluding carboxylic acids is 7. The Morgan fingerprint density at radius 3 is 1.97 bits per heavy atom. The standard InChI is InChI=1S/C25H33N3O9S2/c1-5-36-23(33)20(28-16(4)31)13-39-25(35)18(26-14(2)29)10-11-21(32)17-8-6-7-9-22(17)37-24(34)19(12-38)27-15(3)30/h6-9,18-20,38H,5,10-13H2,1-4H3,(H,26,29)(H,27,30)(H,28,31). The second-order valence-electron chi connectivity index (χ2n) is 8.20. The van der Waals surface area contributed by atoms with Crippen molar-refractivity contribution in [2.75, 3.05) is 18.1 Å². The van der Waals surface area contributed by atoms with Crippen molar-refractivity contribution < 1.29 is 43.0 Å². The summed E-state index contributed by atoms with van der Waals surface area (Å²) in [4.78, 5) is 84.9. The van der Waals surface area contributed by atoms with Crippen LogP contribution in [0, 0.1) is 0 Å². The first-order chi connectivity index (χ1) is 18.4. The van der Waals surface area contributed by atoms with E-state index in [0.717, 1.165) is 0 Å². The van der Waals surface area contributed by atoms with E-state index in [4.69, 9.17) is 9.47 Å². The molecule has 0 aliphatic rings. The molecule has 3 N–H and O–H groups in total. The average Bonchev–Trinajstić information content (AvgIpc) is 2.86. The Hall–Kier alpha value is -3.39. The molecule has 0 radical (unpaired) electrons. The van der Waals surface area contributed by atoms with Crippen LogP contribution in [0.15, 0.2) is 24.3 Å². The predicted octanol–water partition coefficient (Wildman–Crippen LogP) is 0.822. The molecular formula is C25H33N3O9S2. The van der Waals surface area contributed by atoms with E-state index in [0.29, 0.717) is 11.8 Å². The van der Waals surface area contributed by atoms with Crippen molar-refractivity contribution in [3.8, 4) is 5.75 Å². The van der Waals surface area contributed by atoms with Gasteiger partial charge in [-0.15, -0.1) is 0 Å². The predicted molar refractivity (Wildman–Crippen MR) is 146 cm³/mol. The van der Waals surface area contributed by atoms with Crippen molar-refractivity contribution in [3.05, 3.63) is 29.8 Å². The number of nitrogens with one attached hydrogen (secondary N) is 3. The Bertz CT molecular complexity index is 1080. The van der Waals surface area contributed by atoms with E-state index < -0.39 is 58.7 Å². The number of ketones is 1. The van der Waals surface area contributed by atoms with Crippen molar-refractivity contribution in [1.29, 1.82) is 0 Å². The minimum absolute atomic E-state index is 0.0222. The van der Waals surface area contributed by atoms with Gasteiger partial charge in [-0.3, -0.25) is 24.0 Å². The molecule has 0 aliphatic heterocycles. The van der Waals surface area contributed by atoms with Gasteiger partial charge in [-0.05, 0) is 25.5 Å². The maximum absolute atomic E-state index is 13.0. The topological polar surface area (TPSA) is 174 Å². The average molecular weight is 584 g/mol. The van der Waals surface area contributed by atoms with Crippen LogP contribution in [0.5, 0.6) is 5.75 Å². The number of hydrogen-bond donors (Lipinski definition) is 4.